The van der Waals surface area contributed by atoms with Crippen LogP contribution in [0.2, 0.25) is 0 Å². The van der Waals surface area contributed by atoms with Crippen molar-refractivity contribution >= 4 is 41.0 Å². The molecule has 1 saturated heterocycles. The van der Waals surface area contributed by atoms with Crippen molar-refractivity contribution in [2.45, 2.75) is 12.2 Å². The van der Waals surface area contributed by atoms with Crippen LogP contribution in [0.1, 0.15) is 20.8 Å². The number of thiophene rings is 1. The topological polar surface area (TPSA) is 80.6 Å². The van der Waals surface area contributed by atoms with E-state index in [2.05, 4.69) is 5.32 Å². The van der Waals surface area contributed by atoms with Gasteiger partial charge in [0.2, 0.25) is 0 Å². The monoisotopic (exact) mass is 391 g/mol. The molecule has 2 aliphatic rings. The molecule has 26 heavy (non-hydrogen) atoms. The number of hydrogen-bond acceptors (Lipinski definition) is 6. The fourth-order valence-corrected chi connectivity index (χ4v) is 5.50. The highest BCUT2D eigenvalue weighted by atomic mass is 32.2. The number of amides is 3. The Labute approximate surface area is 158 Å². The third-order valence-electron chi connectivity index (χ3n) is 4.33. The smallest absolute Gasteiger partial charge is 0.341 e. The van der Waals surface area contributed by atoms with E-state index in [1.807, 2.05) is 40.9 Å². The summed E-state index contributed by atoms with van der Waals surface area (Å²) in [6.07, 6.45) is 4.59. The van der Waals surface area contributed by atoms with Gasteiger partial charge < -0.3 is 14.6 Å². The molecule has 0 bridgehead atoms. The van der Waals surface area contributed by atoms with Crippen LogP contribution in [0, 0.1) is 0 Å². The van der Waals surface area contributed by atoms with Crippen molar-refractivity contribution in [1.29, 1.82) is 0 Å². The van der Waals surface area contributed by atoms with E-state index in [4.69, 9.17) is 4.74 Å². The number of ether oxygens (including phenoxy) is 1. The number of imide groups is 1. The van der Waals surface area contributed by atoms with Crippen molar-refractivity contribution in [3.05, 3.63) is 40.5 Å². The SMILES string of the molecule is O=C(OCC(=O)N1CCNC1=O)c1c(-n2cccc2)sc2c1CCSC2. The van der Waals surface area contributed by atoms with Gasteiger partial charge in [-0.25, -0.2) is 9.59 Å². The van der Waals surface area contributed by atoms with E-state index in [-0.39, 0.29) is 0 Å². The van der Waals surface area contributed by atoms with E-state index < -0.39 is 24.5 Å². The maximum atomic E-state index is 12.8. The van der Waals surface area contributed by atoms with E-state index >= 15 is 0 Å². The van der Waals surface area contributed by atoms with Crippen LogP contribution in [-0.2, 0) is 21.7 Å². The van der Waals surface area contributed by atoms with Crippen molar-refractivity contribution in [1.82, 2.24) is 14.8 Å². The van der Waals surface area contributed by atoms with Crippen molar-refractivity contribution in [2.24, 2.45) is 0 Å². The van der Waals surface area contributed by atoms with Crippen LogP contribution in [0.15, 0.2) is 24.5 Å². The third-order valence-corrected chi connectivity index (χ3v) is 6.74. The van der Waals surface area contributed by atoms with Gasteiger partial charge in [-0.05, 0) is 29.9 Å². The number of hydrogen-bond donors (Lipinski definition) is 1. The van der Waals surface area contributed by atoms with Crippen LogP contribution in [0.3, 0.4) is 0 Å². The van der Waals surface area contributed by atoms with Crippen LogP contribution >= 0.6 is 23.1 Å². The lowest BCUT2D eigenvalue weighted by Crippen LogP contribution is -2.37. The lowest BCUT2D eigenvalue weighted by atomic mass is 10.1. The number of thioether (sulfide) groups is 1. The van der Waals surface area contributed by atoms with Crippen molar-refractivity contribution in [3.8, 4) is 5.00 Å². The minimum Gasteiger partial charge on any atom is -0.452 e. The fourth-order valence-electron chi connectivity index (χ4n) is 3.07. The fraction of sp³-hybridized carbons (Fsp3) is 0.353. The second-order valence-electron chi connectivity index (χ2n) is 5.93. The van der Waals surface area contributed by atoms with E-state index in [1.165, 1.54) is 4.88 Å². The molecular weight excluding hydrogens is 374 g/mol. The molecule has 0 atom stereocenters. The van der Waals surface area contributed by atoms with Gasteiger partial charge in [-0.15, -0.1) is 11.3 Å². The average Bonchev–Trinajstić information content (AvgIpc) is 3.37. The molecule has 0 unspecified atom stereocenters. The van der Waals surface area contributed by atoms with Gasteiger partial charge in [0.25, 0.3) is 5.91 Å². The summed E-state index contributed by atoms with van der Waals surface area (Å²) in [5, 5.41) is 3.37. The van der Waals surface area contributed by atoms with Crippen LogP contribution < -0.4 is 5.32 Å². The molecule has 0 spiro atoms. The van der Waals surface area contributed by atoms with Gasteiger partial charge in [-0.3, -0.25) is 9.69 Å². The molecule has 4 heterocycles. The predicted molar refractivity (Wildman–Crippen MR) is 98.9 cm³/mol. The predicted octanol–water partition coefficient (Wildman–Crippen LogP) is 2.04. The molecule has 3 amide bonds. The first kappa shape index (κ1) is 17.2. The largest absolute Gasteiger partial charge is 0.452 e. The molecule has 0 aromatic carbocycles. The number of nitrogens with zero attached hydrogens (tertiary/aromatic N) is 2. The number of aromatic nitrogens is 1. The number of rotatable bonds is 4. The highest BCUT2D eigenvalue weighted by molar-refractivity contribution is 7.98. The van der Waals surface area contributed by atoms with Gasteiger partial charge in [0.1, 0.15) is 5.00 Å². The minimum absolute atomic E-state index is 0.301. The van der Waals surface area contributed by atoms with Crippen molar-refractivity contribution in [3.63, 3.8) is 0 Å². The Balaban J connectivity index is 1.56. The highest BCUT2D eigenvalue weighted by Crippen LogP contribution is 2.38. The first-order chi connectivity index (χ1) is 12.6. The normalized spacial score (nSPS) is 16.3. The van der Waals surface area contributed by atoms with E-state index in [0.29, 0.717) is 18.7 Å². The summed E-state index contributed by atoms with van der Waals surface area (Å²) in [5.41, 5.74) is 1.56. The van der Waals surface area contributed by atoms with E-state index in [1.54, 1.807) is 11.3 Å². The second-order valence-corrected chi connectivity index (χ2v) is 8.12. The van der Waals surface area contributed by atoms with Gasteiger partial charge in [0.05, 0.1) is 5.56 Å². The minimum atomic E-state index is -0.508. The summed E-state index contributed by atoms with van der Waals surface area (Å²) in [6.45, 7) is 0.289. The summed E-state index contributed by atoms with van der Waals surface area (Å²) in [6, 6.07) is 3.36. The summed E-state index contributed by atoms with van der Waals surface area (Å²) in [7, 11) is 0. The van der Waals surface area contributed by atoms with Crippen LogP contribution in [0.25, 0.3) is 5.00 Å². The first-order valence-corrected chi connectivity index (χ1v) is 10.2. The second kappa shape index (κ2) is 7.16. The molecule has 2 aromatic rings. The Morgan fingerprint density at radius 2 is 2.08 bits per heavy atom. The van der Waals surface area contributed by atoms with Crippen molar-refractivity contribution < 1.29 is 19.1 Å². The Kier molecular flexibility index (Phi) is 4.73. The van der Waals surface area contributed by atoms with Gasteiger partial charge in [0, 0.05) is 36.1 Å². The number of fused-ring (bicyclic) bond motifs is 1. The number of esters is 1. The van der Waals surface area contributed by atoms with Gasteiger partial charge >= 0.3 is 12.0 Å². The lowest BCUT2D eigenvalue weighted by molar-refractivity contribution is -0.130. The highest BCUT2D eigenvalue weighted by Gasteiger charge is 2.30. The molecule has 2 aromatic heterocycles. The Morgan fingerprint density at radius 1 is 1.27 bits per heavy atom. The molecular formula is C17H17N3O4S2. The van der Waals surface area contributed by atoms with E-state index in [9.17, 15) is 14.4 Å². The number of carbonyl (C=O) groups is 3. The number of carbonyl (C=O) groups excluding carboxylic acids is 3. The average molecular weight is 391 g/mol. The molecule has 0 radical (unpaired) electrons. The quantitative estimate of drug-likeness (QED) is 0.807. The molecule has 1 fully saturated rings. The maximum absolute atomic E-state index is 12.8. The van der Waals surface area contributed by atoms with Gasteiger partial charge in [-0.1, -0.05) is 0 Å². The molecule has 4 rings (SSSR count). The number of urea groups is 1. The standard InChI is InChI=1S/C17H17N3O4S2/c21-13(20-7-4-18-17(20)23)9-24-16(22)14-11-3-8-25-10-12(11)26-15(14)19-5-1-2-6-19/h1-2,5-6H,3-4,7-10H2,(H,18,23). The summed E-state index contributed by atoms with van der Waals surface area (Å²) in [4.78, 5) is 38.7. The summed E-state index contributed by atoms with van der Waals surface area (Å²) < 4.78 is 7.19. The Hall–Kier alpha value is -2.26. The zero-order valence-corrected chi connectivity index (χ0v) is 15.5. The molecule has 0 saturated carbocycles. The number of nitrogens with one attached hydrogen (secondary N) is 1. The molecule has 2 aliphatic heterocycles. The zero-order chi connectivity index (χ0) is 18.1. The zero-order valence-electron chi connectivity index (χ0n) is 13.9. The van der Waals surface area contributed by atoms with Gasteiger partial charge in [-0.2, -0.15) is 11.8 Å². The summed E-state index contributed by atoms with van der Waals surface area (Å²) >= 11 is 3.44. The molecule has 9 heteroatoms. The molecule has 136 valence electrons. The Bertz CT molecular complexity index is 860. The molecule has 1 N–H and O–H groups in total. The van der Waals surface area contributed by atoms with Crippen LogP contribution in [-0.4, -0.2) is 52.8 Å². The van der Waals surface area contributed by atoms with Crippen LogP contribution in [0.5, 0.6) is 0 Å². The van der Waals surface area contributed by atoms with Gasteiger partial charge in [0.15, 0.2) is 6.61 Å². The molecule has 0 aliphatic carbocycles. The Morgan fingerprint density at radius 3 is 2.81 bits per heavy atom. The maximum Gasteiger partial charge on any atom is 0.341 e. The van der Waals surface area contributed by atoms with Crippen LogP contribution in [0.4, 0.5) is 4.79 Å². The first-order valence-electron chi connectivity index (χ1n) is 8.26. The lowest BCUT2D eigenvalue weighted by Gasteiger charge is -2.14. The van der Waals surface area contributed by atoms with Crippen molar-refractivity contribution in [2.75, 3.05) is 25.4 Å². The molecule has 7 nitrogen and oxygen atoms in total. The third kappa shape index (κ3) is 3.12. The van der Waals surface area contributed by atoms with E-state index in [0.717, 1.165) is 33.4 Å². The summed E-state index contributed by atoms with van der Waals surface area (Å²) in [5.74, 6) is 0.831.